The average Bonchev–Trinajstić information content (AvgIpc) is 2.78. The molecule has 1 saturated heterocycles. The summed E-state index contributed by atoms with van der Waals surface area (Å²) in [7, 11) is 0. The van der Waals surface area contributed by atoms with Gasteiger partial charge in [-0.05, 0) is 30.5 Å². The van der Waals surface area contributed by atoms with Crippen LogP contribution < -0.4 is 10.6 Å². The molecule has 29 heavy (non-hydrogen) atoms. The maximum atomic E-state index is 12.3. The van der Waals surface area contributed by atoms with Gasteiger partial charge >= 0.3 is 0 Å². The quantitative estimate of drug-likeness (QED) is 0.628. The summed E-state index contributed by atoms with van der Waals surface area (Å²) in [4.78, 5) is 31.1. The van der Waals surface area contributed by atoms with Gasteiger partial charge in [-0.2, -0.15) is 0 Å². The SMILES string of the molecule is O=C(NCCCc1ccccc1)c1cccc(C(=O)NCCN2CCOCC2)n1. The molecule has 0 spiro atoms. The second-order valence-electron chi connectivity index (χ2n) is 6.96. The van der Waals surface area contributed by atoms with Crippen molar-refractivity contribution in [2.24, 2.45) is 0 Å². The third kappa shape index (κ3) is 6.96. The molecule has 1 aliphatic heterocycles. The zero-order chi connectivity index (χ0) is 20.3. The summed E-state index contributed by atoms with van der Waals surface area (Å²) in [6.07, 6.45) is 1.75. The van der Waals surface area contributed by atoms with E-state index in [0.717, 1.165) is 45.7 Å². The highest BCUT2D eigenvalue weighted by molar-refractivity contribution is 5.96. The van der Waals surface area contributed by atoms with Gasteiger partial charge in [0.2, 0.25) is 0 Å². The van der Waals surface area contributed by atoms with Gasteiger partial charge in [-0.3, -0.25) is 14.5 Å². The number of pyridine rings is 1. The molecular weight excluding hydrogens is 368 g/mol. The Morgan fingerprint density at radius 1 is 0.897 bits per heavy atom. The number of hydrogen-bond donors (Lipinski definition) is 2. The predicted molar refractivity (Wildman–Crippen MR) is 111 cm³/mol. The van der Waals surface area contributed by atoms with Crippen LogP contribution in [-0.2, 0) is 11.2 Å². The van der Waals surface area contributed by atoms with Crippen molar-refractivity contribution >= 4 is 11.8 Å². The standard InChI is InChI=1S/C22H28N4O3/c27-21(23-11-5-8-18-6-2-1-3-7-18)19-9-4-10-20(25-19)22(28)24-12-13-26-14-16-29-17-15-26/h1-4,6-7,9-10H,5,8,11-17H2,(H,23,27)(H,24,28). The van der Waals surface area contributed by atoms with E-state index in [1.54, 1.807) is 18.2 Å². The van der Waals surface area contributed by atoms with E-state index in [1.807, 2.05) is 18.2 Å². The van der Waals surface area contributed by atoms with Crippen LogP contribution in [0.15, 0.2) is 48.5 Å². The normalized spacial score (nSPS) is 14.3. The lowest BCUT2D eigenvalue weighted by molar-refractivity contribution is 0.0383. The van der Waals surface area contributed by atoms with Crippen LogP contribution in [0, 0.1) is 0 Å². The lowest BCUT2D eigenvalue weighted by Gasteiger charge is -2.26. The molecule has 0 saturated carbocycles. The number of nitrogens with zero attached hydrogens (tertiary/aromatic N) is 2. The van der Waals surface area contributed by atoms with Crippen LogP contribution in [0.25, 0.3) is 0 Å². The van der Waals surface area contributed by atoms with Crippen molar-refractivity contribution in [3.05, 3.63) is 65.5 Å². The summed E-state index contributed by atoms with van der Waals surface area (Å²) in [6.45, 7) is 5.11. The zero-order valence-electron chi connectivity index (χ0n) is 16.6. The number of nitrogens with one attached hydrogen (secondary N) is 2. The molecule has 3 rings (SSSR count). The third-order valence-electron chi connectivity index (χ3n) is 4.80. The molecule has 7 nitrogen and oxygen atoms in total. The minimum atomic E-state index is -0.267. The number of amides is 2. The number of benzene rings is 1. The summed E-state index contributed by atoms with van der Waals surface area (Å²) in [5, 5.41) is 5.74. The number of aromatic nitrogens is 1. The second-order valence-corrected chi connectivity index (χ2v) is 6.96. The fourth-order valence-corrected chi connectivity index (χ4v) is 3.16. The van der Waals surface area contributed by atoms with E-state index in [2.05, 4.69) is 32.7 Å². The van der Waals surface area contributed by atoms with Crippen molar-refractivity contribution in [3.8, 4) is 0 Å². The molecule has 0 atom stereocenters. The van der Waals surface area contributed by atoms with Gasteiger partial charge in [-0.15, -0.1) is 0 Å². The molecule has 1 aromatic heterocycles. The summed E-state index contributed by atoms with van der Waals surface area (Å²) in [5.74, 6) is -0.530. The number of aryl methyl sites for hydroxylation is 1. The first-order valence-electron chi connectivity index (χ1n) is 10.1. The Kier molecular flexibility index (Phi) is 8.15. The fraction of sp³-hybridized carbons (Fsp3) is 0.409. The second kappa shape index (κ2) is 11.3. The Morgan fingerprint density at radius 2 is 1.55 bits per heavy atom. The minimum Gasteiger partial charge on any atom is -0.379 e. The molecular formula is C22H28N4O3. The summed E-state index contributed by atoms with van der Waals surface area (Å²) in [5.41, 5.74) is 1.75. The topological polar surface area (TPSA) is 83.6 Å². The lowest BCUT2D eigenvalue weighted by Crippen LogP contribution is -2.41. The molecule has 0 aliphatic carbocycles. The number of hydrogen-bond acceptors (Lipinski definition) is 5. The van der Waals surface area contributed by atoms with Crippen LogP contribution in [0.2, 0.25) is 0 Å². The van der Waals surface area contributed by atoms with Crippen LogP contribution >= 0.6 is 0 Å². The number of carbonyl (C=O) groups excluding carboxylic acids is 2. The number of rotatable bonds is 9. The third-order valence-corrected chi connectivity index (χ3v) is 4.80. The molecule has 2 N–H and O–H groups in total. The highest BCUT2D eigenvalue weighted by Crippen LogP contribution is 2.03. The van der Waals surface area contributed by atoms with Crippen molar-refractivity contribution in [1.82, 2.24) is 20.5 Å². The lowest BCUT2D eigenvalue weighted by atomic mass is 10.1. The van der Waals surface area contributed by atoms with Crippen LogP contribution in [0.4, 0.5) is 0 Å². The largest absolute Gasteiger partial charge is 0.379 e. The molecule has 0 unspecified atom stereocenters. The summed E-state index contributed by atoms with van der Waals surface area (Å²) in [6, 6.07) is 15.1. The van der Waals surface area contributed by atoms with Crippen molar-refractivity contribution in [2.45, 2.75) is 12.8 Å². The van der Waals surface area contributed by atoms with Gasteiger partial charge in [-0.1, -0.05) is 36.4 Å². The highest BCUT2D eigenvalue weighted by Gasteiger charge is 2.13. The van der Waals surface area contributed by atoms with Gasteiger partial charge in [0, 0.05) is 32.7 Å². The maximum Gasteiger partial charge on any atom is 0.269 e. The van der Waals surface area contributed by atoms with Gasteiger partial charge < -0.3 is 15.4 Å². The predicted octanol–water partition coefficient (Wildman–Crippen LogP) is 1.51. The number of ether oxygens (including phenoxy) is 1. The Hall–Kier alpha value is -2.77. The highest BCUT2D eigenvalue weighted by atomic mass is 16.5. The minimum absolute atomic E-state index is 0.254. The van der Waals surface area contributed by atoms with Gasteiger partial charge in [-0.25, -0.2) is 4.98 Å². The first-order valence-corrected chi connectivity index (χ1v) is 10.1. The van der Waals surface area contributed by atoms with Gasteiger partial charge in [0.15, 0.2) is 0 Å². The van der Waals surface area contributed by atoms with E-state index in [0.29, 0.717) is 13.1 Å². The van der Waals surface area contributed by atoms with E-state index in [-0.39, 0.29) is 23.2 Å². The molecule has 1 aliphatic rings. The molecule has 154 valence electrons. The molecule has 1 aromatic carbocycles. The van der Waals surface area contributed by atoms with Gasteiger partial charge in [0.25, 0.3) is 11.8 Å². The number of carbonyl (C=O) groups is 2. The molecule has 0 radical (unpaired) electrons. The van der Waals surface area contributed by atoms with Gasteiger partial charge in [0.1, 0.15) is 11.4 Å². The maximum absolute atomic E-state index is 12.3. The molecule has 2 aromatic rings. The van der Waals surface area contributed by atoms with Crippen molar-refractivity contribution < 1.29 is 14.3 Å². The van der Waals surface area contributed by atoms with E-state index >= 15 is 0 Å². The van der Waals surface area contributed by atoms with Crippen LogP contribution in [0.1, 0.15) is 33.0 Å². The summed E-state index contributed by atoms with van der Waals surface area (Å²) >= 11 is 0. The Balaban J connectivity index is 1.41. The zero-order valence-corrected chi connectivity index (χ0v) is 16.6. The van der Waals surface area contributed by atoms with Crippen LogP contribution in [-0.4, -0.2) is 67.6 Å². The van der Waals surface area contributed by atoms with Crippen LogP contribution in [0.3, 0.4) is 0 Å². The summed E-state index contributed by atoms with van der Waals surface area (Å²) < 4.78 is 5.31. The van der Waals surface area contributed by atoms with E-state index in [1.165, 1.54) is 5.56 Å². The molecule has 2 heterocycles. The fourth-order valence-electron chi connectivity index (χ4n) is 3.16. The van der Waals surface area contributed by atoms with Crippen molar-refractivity contribution in [3.63, 3.8) is 0 Å². The van der Waals surface area contributed by atoms with E-state index in [4.69, 9.17) is 4.74 Å². The number of morpholine rings is 1. The monoisotopic (exact) mass is 396 g/mol. The Labute approximate surface area is 171 Å². The average molecular weight is 396 g/mol. The molecule has 7 heteroatoms. The first-order chi connectivity index (χ1) is 14.2. The van der Waals surface area contributed by atoms with Crippen molar-refractivity contribution in [1.29, 1.82) is 0 Å². The van der Waals surface area contributed by atoms with Gasteiger partial charge in [0.05, 0.1) is 13.2 Å². The van der Waals surface area contributed by atoms with E-state index < -0.39 is 0 Å². The molecule has 2 amide bonds. The first kappa shape index (κ1) is 21.0. The molecule has 1 fully saturated rings. The Morgan fingerprint density at radius 3 is 2.24 bits per heavy atom. The molecule has 0 bridgehead atoms. The van der Waals surface area contributed by atoms with Crippen LogP contribution in [0.5, 0.6) is 0 Å². The Bertz CT molecular complexity index is 792. The van der Waals surface area contributed by atoms with Crippen molar-refractivity contribution in [2.75, 3.05) is 45.9 Å². The smallest absolute Gasteiger partial charge is 0.269 e. The van der Waals surface area contributed by atoms with E-state index in [9.17, 15) is 9.59 Å².